The number of urea groups is 1. The van der Waals surface area contributed by atoms with Gasteiger partial charge in [0.25, 0.3) is 0 Å². The minimum Gasteiger partial charge on any atom is -0.481 e. The molecule has 19 heavy (non-hydrogen) atoms. The van der Waals surface area contributed by atoms with Gasteiger partial charge in [0, 0.05) is 26.2 Å². The Balaban J connectivity index is 2.57. The Morgan fingerprint density at radius 3 is 2.68 bits per heavy atom. The number of rotatable bonds is 5. The van der Waals surface area contributed by atoms with Gasteiger partial charge in [-0.2, -0.15) is 0 Å². The third-order valence-corrected chi connectivity index (χ3v) is 3.05. The maximum atomic E-state index is 12.3. The van der Waals surface area contributed by atoms with Crippen LogP contribution in [-0.2, 0) is 9.53 Å². The monoisotopic (exact) mass is 272 g/mol. The third-order valence-electron chi connectivity index (χ3n) is 3.05. The standard InChI is InChI=1S/C13H24N2O4/c1-4-14(8-10(2)3)13(18)15-5-6-19-11(9-15)7-12(16)17/h10-11H,4-9H2,1-3H3,(H,16,17). The molecule has 1 atom stereocenters. The van der Waals surface area contributed by atoms with Gasteiger partial charge in [-0.15, -0.1) is 0 Å². The number of ether oxygens (including phenoxy) is 1. The minimum atomic E-state index is -0.895. The van der Waals surface area contributed by atoms with Gasteiger partial charge in [-0.1, -0.05) is 13.8 Å². The molecule has 0 radical (unpaired) electrons. The van der Waals surface area contributed by atoms with E-state index in [2.05, 4.69) is 13.8 Å². The number of hydrogen-bond acceptors (Lipinski definition) is 3. The number of hydrogen-bond donors (Lipinski definition) is 1. The quantitative estimate of drug-likeness (QED) is 0.818. The molecule has 0 saturated carbocycles. The largest absolute Gasteiger partial charge is 0.481 e. The molecule has 1 fully saturated rings. The Morgan fingerprint density at radius 2 is 2.16 bits per heavy atom. The number of carbonyl (C=O) groups excluding carboxylic acids is 1. The second-order valence-electron chi connectivity index (χ2n) is 5.25. The van der Waals surface area contributed by atoms with Crippen LogP contribution in [-0.4, -0.2) is 65.8 Å². The van der Waals surface area contributed by atoms with Crippen LogP contribution in [0.25, 0.3) is 0 Å². The molecule has 0 aromatic heterocycles. The molecule has 1 N–H and O–H groups in total. The van der Waals surface area contributed by atoms with E-state index >= 15 is 0 Å². The Kier molecular flexibility index (Phi) is 6.08. The predicted octanol–water partition coefficient (Wildman–Crippen LogP) is 1.26. The number of carbonyl (C=O) groups is 2. The molecule has 2 amide bonds. The van der Waals surface area contributed by atoms with Gasteiger partial charge in [-0.25, -0.2) is 4.79 Å². The number of aliphatic carboxylic acids is 1. The number of carboxylic acid groups (broad SMARTS) is 1. The highest BCUT2D eigenvalue weighted by molar-refractivity contribution is 5.75. The Morgan fingerprint density at radius 1 is 1.47 bits per heavy atom. The first-order chi connectivity index (χ1) is 8.93. The van der Waals surface area contributed by atoms with E-state index in [0.29, 0.717) is 32.2 Å². The number of amides is 2. The maximum Gasteiger partial charge on any atom is 0.320 e. The summed E-state index contributed by atoms with van der Waals surface area (Å²) in [7, 11) is 0. The molecule has 0 spiro atoms. The van der Waals surface area contributed by atoms with Crippen LogP contribution in [0.4, 0.5) is 4.79 Å². The number of carboxylic acids is 1. The zero-order chi connectivity index (χ0) is 14.4. The summed E-state index contributed by atoms with van der Waals surface area (Å²) in [5.41, 5.74) is 0. The van der Waals surface area contributed by atoms with Crippen molar-refractivity contribution in [3.8, 4) is 0 Å². The lowest BCUT2D eigenvalue weighted by molar-refractivity contribution is -0.141. The van der Waals surface area contributed by atoms with Gasteiger partial charge >= 0.3 is 12.0 Å². The molecule has 1 unspecified atom stereocenters. The lowest BCUT2D eigenvalue weighted by Crippen LogP contribution is -2.52. The van der Waals surface area contributed by atoms with Gasteiger partial charge in [-0.3, -0.25) is 4.79 Å². The van der Waals surface area contributed by atoms with Crippen LogP contribution in [0, 0.1) is 5.92 Å². The summed E-state index contributed by atoms with van der Waals surface area (Å²) in [6.07, 6.45) is -0.451. The van der Waals surface area contributed by atoms with Crippen LogP contribution >= 0.6 is 0 Å². The van der Waals surface area contributed by atoms with Crippen molar-refractivity contribution in [3.05, 3.63) is 0 Å². The first kappa shape index (κ1) is 15.8. The van der Waals surface area contributed by atoms with E-state index in [1.807, 2.05) is 6.92 Å². The fourth-order valence-electron chi connectivity index (χ4n) is 2.19. The smallest absolute Gasteiger partial charge is 0.320 e. The van der Waals surface area contributed by atoms with E-state index in [1.54, 1.807) is 9.80 Å². The normalized spacial score (nSPS) is 19.6. The van der Waals surface area contributed by atoms with Crippen molar-refractivity contribution in [3.63, 3.8) is 0 Å². The average Bonchev–Trinajstić information content (AvgIpc) is 2.34. The zero-order valence-electron chi connectivity index (χ0n) is 12.0. The summed E-state index contributed by atoms with van der Waals surface area (Å²) < 4.78 is 5.37. The number of morpholine rings is 1. The number of nitrogens with zero attached hydrogens (tertiary/aromatic N) is 2. The molecule has 1 aliphatic rings. The molecule has 6 nitrogen and oxygen atoms in total. The molecule has 1 saturated heterocycles. The first-order valence-corrected chi connectivity index (χ1v) is 6.81. The van der Waals surface area contributed by atoms with Gasteiger partial charge in [-0.05, 0) is 12.8 Å². The van der Waals surface area contributed by atoms with Crippen molar-refractivity contribution >= 4 is 12.0 Å². The van der Waals surface area contributed by atoms with Crippen molar-refractivity contribution in [2.24, 2.45) is 5.92 Å². The molecule has 110 valence electrons. The van der Waals surface area contributed by atoms with E-state index in [4.69, 9.17) is 9.84 Å². The van der Waals surface area contributed by atoms with Crippen LogP contribution in [0.1, 0.15) is 27.2 Å². The van der Waals surface area contributed by atoms with Crippen molar-refractivity contribution < 1.29 is 19.4 Å². The van der Waals surface area contributed by atoms with Crippen molar-refractivity contribution in [1.82, 2.24) is 9.80 Å². The summed E-state index contributed by atoms with van der Waals surface area (Å²) >= 11 is 0. The van der Waals surface area contributed by atoms with Crippen molar-refractivity contribution in [2.45, 2.75) is 33.3 Å². The third kappa shape index (κ3) is 5.06. The van der Waals surface area contributed by atoms with Gasteiger partial charge in [0.2, 0.25) is 0 Å². The molecular weight excluding hydrogens is 248 g/mol. The van der Waals surface area contributed by atoms with E-state index in [1.165, 1.54) is 0 Å². The van der Waals surface area contributed by atoms with E-state index < -0.39 is 12.1 Å². The van der Waals surface area contributed by atoms with Crippen LogP contribution in [0.15, 0.2) is 0 Å². The fraction of sp³-hybridized carbons (Fsp3) is 0.846. The highest BCUT2D eigenvalue weighted by Crippen LogP contribution is 2.12. The first-order valence-electron chi connectivity index (χ1n) is 6.81. The van der Waals surface area contributed by atoms with Crippen LogP contribution in [0.3, 0.4) is 0 Å². The summed E-state index contributed by atoms with van der Waals surface area (Å²) in [6.45, 7) is 8.78. The lowest BCUT2D eigenvalue weighted by atomic mass is 10.2. The predicted molar refractivity (Wildman–Crippen MR) is 71.0 cm³/mol. The Labute approximate surface area is 114 Å². The Bertz CT molecular complexity index is 320. The summed E-state index contributed by atoms with van der Waals surface area (Å²) in [5.74, 6) is -0.478. The molecule has 0 bridgehead atoms. The topological polar surface area (TPSA) is 70.1 Å². The van der Waals surface area contributed by atoms with Crippen molar-refractivity contribution in [1.29, 1.82) is 0 Å². The second-order valence-corrected chi connectivity index (χ2v) is 5.25. The highest BCUT2D eigenvalue weighted by Gasteiger charge is 2.28. The van der Waals surface area contributed by atoms with Gasteiger partial charge < -0.3 is 19.6 Å². The average molecular weight is 272 g/mol. The van der Waals surface area contributed by atoms with Crippen LogP contribution < -0.4 is 0 Å². The molecule has 1 heterocycles. The molecule has 1 rings (SSSR count). The Hall–Kier alpha value is -1.30. The van der Waals surface area contributed by atoms with Gasteiger partial charge in [0.05, 0.1) is 19.1 Å². The minimum absolute atomic E-state index is 0.0186. The van der Waals surface area contributed by atoms with E-state index in [-0.39, 0.29) is 12.5 Å². The molecule has 0 aromatic rings. The fourth-order valence-corrected chi connectivity index (χ4v) is 2.19. The summed E-state index contributed by atoms with van der Waals surface area (Å²) in [5, 5.41) is 8.77. The van der Waals surface area contributed by atoms with E-state index in [0.717, 1.165) is 6.54 Å². The molecule has 0 aliphatic carbocycles. The van der Waals surface area contributed by atoms with Gasteiger partial charge in [0.1, 0.15) is 0 Å². The highest BCUT2D eigenvalue weighted by atomic mass is 16.5. The lowest BCUT2D eigenvalue weighted by Gasteiger charge is -2.36. The van der Waals surface area contributed by atoms with Crippen molar-refractivity contribution in [2.75, 3.05) is 32.8 Å². The SMILES string of the molecule is CCN(CC(C)C)C(=O)N1CCOC(CC(=O)O)C1. The summed E-state index contributed by atoms with van der Waals surface area (Å²) in [4.78, 5) is 26.5. The molecule has 1 aliphatic heterocycles. The van der Waals surface area contributed by atoms with Gasteiger partial charge in [0.15, 0.2) is 0 Å². The maximum absolute atomic E-state index is 12.3. The van der Waals surface area contributed by atoms with E-state index in [9.17, 15) is 9.59 Å². The molecule has 6 heteroatoms. The van der Waals surface area contributed by atoms with Crippen LogP contribution in [0.5, 0.6) is 0 Å². The molecule has 0 aromatic carbocycles. The zero-order valence-corrected chi connectivity index (χ0v) is 12.0. The second kappa shape index (κ2) is 7.33. The van der Waals surface area contributed by atoms with Crippen LogP contribution in [0.2, 0.25) is 0 Å². The summed E-state index contributed by atoms with van der Waals surface area (Å²) in [6, 6.07) is -0.0186. The molecular formula is C13H24N2O4.